The monoisotopic (exact) mass is 293 g/mol. The van der Waals surface area contributed by atoms with Crippen molar-refractivity contribution in [3.05, 3.63) is 30.1 Å². The van der Waals surface area contributed by atoms with Gasteiger partial charge in [-0.15, -0.1) is 0 Å². The van der Waals surface area contributed by atoms with Crippen molar-refractivity contribution in [2.24, 2.45) is 5.92 Å². The third-order valence-electron chi connectivity index (χ3n) is 3.04. The van der Waals surface area contributed by atoms with Gasteiger partial charge in [0.05, 0.1) is 18.4 Å². The number of aromatic nitrogens is 1. The van der Waals surface area contributed by atoms with Gasteiger partial charge in [-0.05, 0) is 19.1 Å². The summed E-state index contributed by atoms with van der Waals surface area (Å²) in [5.41, 5.74) is 0.773. The normalized spacial score (nSPS) is 13.6. The number of ether oxygens (including phenoxy) is 1. The van der Waals surface area contributed by atoms with Gasteiger partial charge < -0.3 is 15.4 Å². The van der Waals surface area contributed by atoms with Gasteiger partial charge in [0.15, 0.2) is 0 Å². The van der Waals surface area contributed by atoms with Crippen LogP contribution < -0.4 is 10.6 Å². The summed E-state index contributed by atoms with van der Waals surface area (Å²) in [7, 11) is 1.53. The number of carbonyl (C=O) groups is 2. The van der Waals surface area contributed by atoms with Crippen LogP contribution in [-0.4, -0.2) is 36.0 Å². The molecule has 1 heterocycles. The molecule has 1 aromatic rings. The molecule has 0 saturated carbocycles. The predicted molar refractivity (Wildman–Crippen MR) is 79.3 cm³/mol. The molecule has 0 aliphatic rings. The Hall–Kier alpha value is -1.95. The van der Waals surface area contributed by atoms with E-state index in [-0.39, 0.29) is 24.3 Å². The summed E-state index contributed by atoms with van der Waals surface area (Å²) >= 11 is 0. The zero-order chi connectivity index (χ0) is 15.8. The first-order valence-electron chi connectivity index (χ1n) is 6.99. The van der Waals surface area contributed by atoms with Gasteiger partial charge in [-0.25, -0.2) is 0 Å². The molecule has 0 bridgehead atoms. The van der Waals surface area contributed by atoms with Gasteiger partial charge in [0, 0.05) is 19.2 Å². The Morgan fingerprint density at radius 1 is 1.24 bits per heavy atom. The second-order valence-corrected chi connectivity index (χ2v) is 5.09. The molecular formula is C15H23N3O3. The van der Waals surface area contributed by atoms with Gasteiger partial charge in [0.1, 0.15) is 6.04 Å². The maximum atomic E-state index is 11.9. The van der Waals surface area contributed by atoms with E-state index in [0.29, 0.717) is 0 Å². The summed E-state index contributed by atoms with van der Waals surface area (Å²) < 4.78 is 5.66. The van der Waals surface area contributed by atoms with Gasteiger partial charge in [-0.3, -0.25) is 14.6 Å². The van der Waals surface area contributed by atoms with Crippen LogP contribution in [0.5, 0.6) is 0 Å². The average Bonchev–Trinajstić information content (AvgIpc) is 2.50. The maximum Gasteiger partial charge on any atom is 0.245 e. The van der Waals surface area contributed by atoms with Crippen LogP contribution in [0.1, 0.15) is 26.5 Å². The molecule has 0 aliphatic carbocycles. The summed E-state index contributed by atoms with van der Waals surface area (Å²) in [6.45, 7) is 5.59. The molecular weight excluding hydrogens is 270 g/mol. The Morgan fingerprint density at radius 3 is 2.48 bits per heavy atom. The second kappa shape index (κ2) is 8.36. The fraction of sp³-hybridized carbons (Fsp3) is 0.533. The quantitative estimate of drug-likeness (QED) is 0.782. The molecule has 116 valence electrons. The van der Waals surface area contributed by atoms with Crippen molar-refractivity contribution >= 4 is 11.8 Å². The molecule has 0 aromatic carbocycles. The first-order chi connectivity index (χ1) is 9.95. The molecule has 6 heteroatoms. The molecule has 0 aliphatic heterocycles. The molecule has 1 rings (SSSR count). The number of nitrogens with one attached hydrogen (secondary N) is 2. The molecule has 0 radical (unpaired) electrons. The highest BCUT2D eigenvalue weighted by molar-refractivity contribution is 5.88. The second-order valence-electron chi connectivity index (χ2n) is 5.09. The third-order valence-corrected chi connectivity index (χ3v) is 3.04. The van der Waals surface area contributed by atoms with E-state index < -0.39 is 12.1 Å². The zero-order valence-electron chi connectivity index (χ0n) is 12.9. The molecule has 2 amide bonds. The van der Waals surface area contributed by atoms with E-state index in [2.05, 4.69) is 15.6 Å². The number of hydrogen-bond acceptors (Lipinski definition) is 4. The predicted octanol–water partition coefficient (Wildman–Crippen LogP) is 0.873. The molecule has 2 N–H and O–H groups in total. The van der Waals surface area contributed by atoms with Crippen molar-refractivity contribution in [1.82, 2.24) is 15.6 Å². The summed E-state index contributed by atoms with van der Waals surface area (Å²) in [6, 6.07) is 4.80. The number of amides is 2. The van der Waals surface area contributed by atoms with Crippen LogP contribution in [-0.2, 0) is 20.9 Å². The minimum atomic E-state index is -0.728. The largest absolute Gasteiger partial charge is 0.370 e. The Labute approximate surface area is 125 Å². The lowest BCUT2D eigenvalue weighted by molar-refractivity contribution is -0.134. The Morgan fingerprint density at radius 2 is 1.95 bits per heavy atom. The van der Waals surface area contributed by atoms with Crippen molar-refractivity contribution in [3.8, 4) is 0 Å². The standard InChI is InChI=1S/C15H23N3O3/c1-10(2)14(19)18-13(15(20)16-4)11(3)21-9-12-7-5-6-8-17-12/h5-8,10-11,13H,9H2,1-4H3,(H,16,20)(H,18,19). The van der Waals surface area contributed by atoms with Crippen LogP contribution in [0.15, 0.2) is 24.4 Å². The maximum absolute atomic E-state index is 11.9. The first kappa shape index (κ1) is 17.1. The summed E-state index contributed by atoms with van der Waals surface area (Å²) in [5, 5.41) is 5.25. The Bertz CT molecular complexity index is 462. The van der Waals surface area contributed by atoms with Gasteiger partial charge >= 0.3 is 0 Å². The van der Waals surface area contributed by atoms with Crippen molar-refractivity contribution in [1.29, 1.82) is 0 Å². The summed E-state index contributed by atoms with van der Waals surface area (Å²) in [4.78, 5) is 27.8. The van der Waals surface area contributed by atoms with E-state index in [0.717, 1.165) is 5.69 Å². The minimum absolute atomic E-state index is 0.183. The van der Waals surface area contributed by atoms with E-state index in [1.54, 1.807) is 27.0 Å². The van der Waals surface area contributed by atoms with E-state index in [4.69, 9.17) is 4.74 Å². The van der Waals surface area contributed by atoms with Gasteiger partial charge in [-0.2, -0.15) is 0 Å². The summed E-state index contributed by atoms with van der Waals surface area (Å²) in [5.74, 6) is -0.658. The highest BCUT2D eigenvalue weighted by atomic mass is 16.5. The lowest BCUT2D eigenvalue weighted by Crippen LogP contribution is -2.53. The van der Waals surface area contributed by atoms with E-state index >= 15 is 0 Å². The smallest absolute Gasteiger partial charge is 0.245 e. The lowest BCUT2D eigenvalue weighted by atomic mass is 10.1. The molecule has 1 aromatic heterocycles. The Balaban J connectivity index is 2.64. The lowest BCUT2D eigenvalue weighted by Gasteiger charge is -2.24. The Kier molecular flexibility index (Phi) is 6.81. The van der Waals surface area contributed by atoms with Crippen LogP contribution in [0.2, 0.25) is 0 Å². The first-order valence-corrected chi connectivity index (χ1v) is 6.99. The van der Waals surface area contributed by atoms with Crippen molar-refractivity contribution < 1.29 is 14.3 Å². The molecule has 0 saturated heterocycles. The molecule has 2 atom stereocenters. The number of pyridine rings is 1. The van der Waals surface area contributed by atoms with Crippen LogP contribution >= 0.6 is 0 Å². The zero-order valence-corrected chi connectivity index (χ0v) is 12.9. The molecule has 0 fully saturated rings. The van der Waals surface area contributed by atoms with E-state index in [9.17, 15) is 9.59 Å². The number of rotatable bonds is 7. The van der Waals surface area contributed by atoms with Crippen LogP contribution in [0.25, 0.3) is 0 Å². The number of nitrogens with zero attached hydrogens (tertiary/aromatic N) is 1. The third kappa shape index (κ3) is 5.51. The summed E-state index contributed by atoms with van der Waals surface area (Å²) in [6.07, 6.45) is 1.22. The fourth-order valence-electron chi connectivity index (χ4n) is 1.67. The van der Waals surface area contributed by atoms with E-state index in [1.807, 2.05) is 18.2 Å². The molecule has 6 nitrogen and oxygen atoms in total. The molecule has 0 spiro atoms. The SMILES string of the molecule is CNC(=O)C(NC(=O)C(C)C)C(C)OCc1ccccn1. The minimum Gasteiger partial charge on any atom is -0.370 e. The van der Waals surface area contributed by atoms with Crippen molar-refractivity contribution in [3.63, 3.8) is 0 Å². The van der Waals surface area contributed by atoms with Gasteiger partial charge in [0.25, 0.3) is 0 Å². The fourth-order valence-corrected chi connectivity index (χ4v) is 1.67. The van der Waals surface area contributed by atoms with Crippen molar-refractivity contribution in [2.75, 3.05) is 7.05 Å². The van der Waals surface area contributed by atoms with E-state index in [1.165, 1.54) is 7.05 Å². The van der Waals surface area contributed by atoms with Crippen LogP contribution in [0.4, 0.5) is 0 Å². The average molecular weight is 293 g/mol. The number of hydrogen-bond donors (Lipinski definition) is 2. The molecule has 2 unspecified atom stereocenters. The highest BCUT2D eigenvalue weighted by Crippen LogP contribution is 2.06. The van der Waals surface area contributed by atoms with Gasteiger partial charge in [-0.1, -0.05) is 19.9 Å². The van der Waals surface area contributed by atoms with Crippen LogP contribution in [0, 0.1) is 5.92 Å². The number of carbonyl (C=O) groups excluding carboxylic acids is 2. The number of likely N-dealkylation sites (N-methyl/N-ethyl adjacent to an activating group) is 1. The van der Waals surface area contributed by atoms with Crippen molar-refractivity contribution in [2.45, 2.75) is 39.5 Å². The molecule has 21 heavy (non-hydrogen) atoms. The van der Waals surface area contributed by atoms with Gasteiger partial charge in [0.2, 0.25) is 11.8 Å². The highest BCUT2D eigenvalue weighted by Gasteiger charge is 2.27. The topological polar surface area (TPSA) is 80.3 Å². The van der Waals surface area contributed by atoms with Crippen LogP contribution in [0.3, 0.4) is 0 Å².